The molecule has 2 unspecified atom stereocenters. The summed E-state index contributed by atoms with van der Waals surface area (Å²) in [6.45, 7) is 3.29. The van der Waals surface area contributed by atoms with E-state index in [1.165, 1.54) is 6.92 Å². The van der Waals surface area contributed by atoms with Crippen molar-refractivity contribution >= 4 is 18.0 Å². The SMILES string of the molecule is CC(OCc1ccccc1)C(NC(=O)OCC1c2ccccc2-c2ccccc21)C(=O)N[C@H](C)C(=O)O. The number of benzene rings is 3. The van der Waals surface area contributed by atoms with Crippen molar-refractivity contribution in [2.75, 3.05) is 6.61 Å². The number of amides is 2. The van der Waals surface area contributed by atoms with E-state index in [0.717, 1.165) is 27.8 Å². The Hall–Kier alpha value is -4.17. The van der Waals surface area contributed by atoms with E-state index in [1.807, 2.05) is 78.9 Å². The monoisotopic (exact) mass is 502 g/mol. The lowest BCUT2D eigenvalue weighted by atomic mass is 9.98. The van der Waals surface area contributed by atoms with E-state index in [0.29, 0.717) is 0 Å². The minimum absolute atomic E-state index is 0.0823. The molecule has 2 amide bonds. The first-order chi connectivity index (χ1) is 17.8. The van der Waals surface area contributed by atoms with Crippen molar-refractivity contribution in [1.82, 2.24) is 10.6 Å². The Morgan fingerprint density at radius 1 is 0.838 bits per heavy atom. The lowest BCUT2D eigenvalue weighted by Crippen LogP contribution is -2.55. The van der Waals surface area contributed by atoms with Crippen molar-refractivity contribution < 1.29 is 29.0 Å². The topological polar surface area (TPSA) is 114 Å². The van der Waals surface area contributed by atoms with E-state index < -0.39 is 36.2 Å². The van der Waals surface area contributed by atoms with Crippen molar-refractivity contribution in [3.63, 3.8) is 0 Å². The number of hydrogen-bond acceptors (Lipinski definition) is 5. The van der Waals surface area contributed by atoms with Gasteiger partial charge in [0.05, 0.1) is 12.7 Å². The molecule has 0 radical (unpaired) electrons. The zero-order valence-corrected chi connectivity index (χ0v) is 20.7. The third-order valence-corrected chi connectivity index (χ3v) is 6.45. The van der Waals surface area contributed by atoms with Crippen molar-refractivity contribution in [2.24, 2.45) is 0 Å². The highest BCUT2D eigenvalue weighted by atomic mass is 16.5. The molecule has 0 aromatic heterocycles. The maximum absolute atomic E-state index is 12.9. The molecule has 4 rings (SSSR count). The Labute approximate surface area is 215 Å². The second kappa shape index (κ2) is 11.7. The van der Waals surface area contributed by atoms with Gasteiger partial charge in [0.15, 0.2) is 0 Å². The summed E-state index contributed by atoms with van der Waals surface area (Å²) in [6.07, 6.45) is -1.55. The molecule has 0 fully saturated rings. The lowest BCUT2D eigenvalue weighted by Gasteiger charge is -2.25. The molecule has 8 nitrogen and oxygen atoms in total. The predicted molar refractivity (Wildman–Crippen MR) is 138 cm³/mol. The number of carbonyl (C=O) groups is 3. The lowest BCUT2D eigenvalue weighted by molar-refractivity contribution is -0.142. The van der Waals surface area contributed by atoms with E-state index in [2.05, 4.69) is 10.6 Å². The zero-order chi connectivity index (χ0) is 26.4. The van der Waals surface area contributed by atoms with Crippen LogP contribution in [0.15, 0.2) is 78.9 Å². The number of rotatable bonds is 10. The Morgan fingerprint density at radius 2 is 1.41 bits per heavy atom. The number of alkyl carbamates (subject to hydrolysis) is 1. The van der Waals surface area contributed by atoms with Crippen molar-refractivity contribution in [2.45, 2.75) is 44.6 Å². The van der Waals surface area contributed by atoms with E-state index in [-0.39, 0.29) is 19.1 Å². The molecule has 37 heavy (non-hydrogen) atoms. The van der Waals surface area contributed by atoms with Crippen LogP contribution in [0.5, 0.6) is 0 Å². The van der Waals surface area contributed by atoms with Crippen LogP contribution in [0.2, 0.25) is 0 Å². The number of nitrogens with one attached hydrogen (secondary N) is 2. The molecule has 1 aliphatic carbocycles. The number of carbonyl (C=O) groups excluding carboxylic acids is 2. The van der Waals surface area contributed by atoms with Gasteiger partial charge in [-0.05, 0) is 41.7 Å². The van der Waals surface area contributed by atoms with Gasteiger partial charge >= 0.3 is 12.1 Å². The molecular formula is C29H30N2O6. The fourth-order valence-electron chi connectivity index (χ4n) is 4.43. The van der Waals surface area contributed by atoms with Crippen molar-refractivity contribution in [3.05, 3.63) is 95.6 Å². The fourth-order valence-corrected chi connectivity index (χ4v) is 4.43. The van der Waals surface area contributed by atoms with Crippen LogP contribution in [-0.2, 0) is 25.7 Å². The van der Waals surface area contributed by atoms with Crippen LogP contribution < -0.4 is 10.6 Å². The smallest absolute Gasteiger partial charge is 0.407 e. The van der Waals surface area contributed by atoms with E-state index in [9.17, 15) is 19.5 Å². The van der Waals surface area contributed by atoms with Gasteiger partial charge in [-0.1, -0.05) is 78.9 Å². The van der Waals surface area contributed by atoms with Crippen LogP contribution in [0, 0.1) is 0 Å². The van der Waals surface area contributed by atoms with Crippen LogP contribution in [0.25, 0.3) is 11.1 Å². The maximum Gasteiger partial charge on any atom is 0.407 e. The van der Waals surface area contributed by atoms with Gasteiger partial charge in [-0.3, -0.25) is 9.59 Å². The van der Waals surface area contributed by atoms with Gasteiger partial charge in [0.2, 0.25) is 5.91 Å². The number of fused-ring (bicyclic) bond motifs is 3. The summed E-state index contributed by atoms with van der Waals surface area (Å²) in [6, 6.07) is 23.1. The highest BCUT2D eigenvalue weighted by molar-refractivity contribution is 5.89. The summed E-state index contributed by atoms with van der Waals surface area (Å²) in [5, 5.41) is 14.2. The van der Waals surface area contributed by atoms with Gasteiger partial charge in [-0.15, -0.1) is 0 Å². The average molecular weight is 503 g/mol. The molecule has 3 N–H and O–H groups in total. The average Bonchev–Trinajstić information content (AvgIpc) is 3.23. The number of aliphatic carboxylic acids is 1. The van der Waals surface area contributed by atoms with Crippen LogP contribution in [-0.4, -0.2) is 47.9 Å². The highest BCUT2D eigenvalue weighted by Gasteiger charge is 2.32. The van der Waals surface area contributed by atoms with Gasteiger partial charge in [0, 0.05) is 5.92 Å². The molecule has 0 heterocycles. The maximum atomic E-state index is 12.9. The Morgan fingerprint density at radius 3 is 2.00 bits per heavy atom. The minimum atomic E-state index is -1.19. The normalized spacial score (nSPS) is 14.5. The number of ether oxygens (including phenoxy) is 2. The summed E-state index contributed by atoms with van der Waals surface area (Å²) < 4.78 is 11.4. The minimum Gasteiger partial charge on any atom is -0.480 e. The molecule has 0 saturated carbocycles. The second-order valence-corrected chi connectivity index (χ2v) is 9.02. The first-order valence-corrected chi connectivity index (χ1v) is 12.2. The molecule has 0 saturated heterocycles. The van der Waals surface area contributed by atoms with Crippen LogP contribution in [0.4, 0.5) is 4.79 Å². The number of carboxylic acids is 1. The van der Waals surface area contributed by atoms with E-state index in [4.69, 9.17) is 9.47 Å². The van der Waals surface area contributed by atoms with Gasteiger partial charge in [0.25, 0.3) is 0 Å². The summed E-state index contributed by atoms with van der Waals surface area (Å²) in [5.74, 6) is -2.00. The van der Waals surface area contributed by atoms with Crippen molar-refractivity contribution in [1.29, 1.82) is 0 Å². The third-order valence-electron chi connectivity index (χ3n) is 6.45. The molecular weight excluding hydrogens is 472 g/mol. The largest absolute Gasteiger partial charge is 0.480 e. The molecule has 1 aliphatic rings. The molecule has 8 heteroatoms. The Kier molecular flexibility index (Phi) is 8.20. The quantitative estimate of drug-likeness (QED) is 0.385. The zero-order valence-electron chi connectivity index (χ0n) is 20.7. The summed E-state index contributed by atoms with van der Waals surface area (Å²) >= 11 is 0. The predicted octanol–water partition coefficient (Wildman–Crippen LogP) is 4.09. The summed E-state index contributed by atoms with van der Waals surface area (Å²) in [5.41, 5.74) is 5.25. The van der Waals surface area contributed by atoms with Crippen LogP contribution in [0.1, 0.15) is 36.5 Å². The molecule has 0 bridgehead atoms. The van der Waals surface area contributed by atoms with Gasteiger partial charge < -0.3 is 25.2 Å². The Balaban J connectivity index is 1.43. The molecule has 0 spiro atoms. The molecule has 0 aliphatic heterocycles. The van der Waals surface area contributed by atoms with E-state index in [1.54, 1.807) is 6.92 Å². The van der Waals surface area contributed by atoms with E-state index >= 15 is 0 Å². The Bertz CT molecular complexity index is 1220. The van der Waals surface area contributed by atoms with Crippen LogP contribution in [0.3, 0.4) is 0 Å². The molecule has 192 valence electrons. The number of hydrogen-bond donors (Lipinski definition) is 3. The fraction of sp³-hybridized carbons (Fsp3) is 0.276. The second-order valence-electron chi connectivity index (χ2n) is 9.02. The summed E-state index contributed by atoms with van der Waals surface area (Å²) in [7, 11) is 0. The van der Waals surface area contributed by atoms with Gasteiger partial charge in [-0.25, -0.2) is 4.79 Å². The van der Waals surface area contributed by atoms with Crippen molar-refractivity contribution in [3.8, 4) is 11.1 Å². The first-order valence-electron chi connectivity index (χ1n) is 12.2. The standard InChI is InChI=1S/C29H30N2O6/c1-18(28(33)34)30-27(32)26(19(2)36-16-20-10-4-3-5-11-20)31-29(35)37-17-25-23-14-8-6-12-21(23)22-13-7-9-15-24(22)25/h3-15,18-19,25-26H,16-17H2,1-2H3,(H,30,32)(H,31,35)(H,33,34)/t18-,19?,26?/m1/s1. The highest BCUT2D eigenvalue weighted by Crippen LogP contribution is 2.44. The van der Waals surface area contributed by atoms with Gasteiger partial charge in [-0.2, -0.15) is 0 Å². The molecule has 3 aromatic rings. The van der Waals surface area contributed by atoms with Gasteiger partial charge in [0.1, 0.15) is 18.7 Å². The number of carboxylic acid groups (broad SMARTS) is 1. The molecule has 3 aromatic carbocycles. The third kappa shape index (κ3) is 6.16. The molecule has 3 atom stereocenters. The first kappa shape index (κ1) is 25.9. The summed E-state index contributed by atoms with van der Waals surface area (Å²) in [4.78, 5) is 37.0. The van der Waals surface area contributed by atoms with Crippen LogP contribution >= 0.6 is 0 Å².